The molecule has 2 nitrogen and oxygen atoms in total. The summed E-state index contributed by atoms with van der Waals surface area (Å²) in [5.41, 5.74) is 7.78. The van der Waals surface area contributed by atoms with Crippen molar-refractivity contribution < 1.29 is 4.74 Å². The third-order valence-corrected chi connectivity index (χ3v) is 2.05. The summed E-state index contributed by atoms with van der Waals surface area (Å²) in [7, 11) is 0. The molecule has 1 aromatic carbocycles. The van der Waals surface area contributed by atoms with Gasteiger partial charge in [0.2, 0.25) is 0 Å². The van der Waals surface area contributed by atoms with Crippen molar-refractivity contribution in [3.63, 3.8) is 0 Å². The van der Waals surface area contributed by atoms with Crippen molar-refractivity contribution >= 4 is 5.69 Å². The second-order valence-corrected chi connectivity index (χ2v) is 3.11. The number of anilines is 1. The van der Waals surface area contributed by atoms with Crippen LogP contribution in [0.1, 0.15) is 19.4 Å². The number of benzene rings is 1. The highest BCUT2D eigenvalue weighted by atomic mass is 16.5. The van der Waals surface area contributed by atoms with Gasteiger partial charge in [0.25, 0.3) is 0 Å². The number of nitrogen functional groups attached to an aromatic ring is 1. The molecule has 0 atom stereocenters. The molecule has 0 fully saturated rings. The maximum atomic E-state index is 5.83. The molecule has 0 spiro atoms. The van der Waals surface area contributed by atoms with Gasteiger partial charge in [-0.15, -0.1) is 0 Å². The Morgan fingerprint density at radius 3 is 2.79 bits per heavy atom. The molecule has 2 heteroatoms. The van der Waals surface area contributed by atoms with Crippen LogP contribution in [0.25, 0.3) is 0 Å². The first kappa shape index (κ1) is 10.6. The molecule has 0 radical (unpaired) electrons. The Labute approximate surface area is 85.4 Å². The van der Waals surface area contributed by atoms with E-state index in [9.17, 15) is 0 Å². The quantitative estimate of drug-likeness (QED) is 0.586. The Balaban J connectivity index is 2.68. The van der Waals surface area contributed by atoms with Crippen LogP contribution in [0.5, 0.6) is 5.75 Å². The molecule has 1 aromatic rings. The van der Waals surface area contributed by atoms with Gasteiger partial charge in [-0.2, -0.15) is 0 Å². The lowest BCUT2D eigenvalue weighted by Crippen LogP contribution is -1.98. The van der Waals surface area contributed by atoms with Crippen molar-refractivity contribution in [1.29, 1.82) is 0 Å². The van der Waals surface area contributed by atoms with Crippen LogP contribution in [-0.4, -0.2) is 6.61 Å². The van der Waals surface area contributed by atoms with E-state index in [0.29, 0.717) is 12.3 Å². The molecule has 0 bridgehead atoms. The molecule has 1 rings (SSSR count). The normalized spacial score (nSPS) is 10.7. The zero-order valence-corrected chi connectivity index (χ0v) is 8.79. The first-order valence-electron chi connectivity index (χ1n) is 4.90. The topological polar surface area (TPSA) is 35.2 Å². The average Bonchev–Trinajstić information content (AvgIpc) is 2.20. The molecular formula is C12H17NO. The predicted octanol–water partition coefficient (Wildman–Crippen LogP) is 2.79. The number of hydrogen-bond acceptors (Lipinski definition) is 2. The molecule has 0 saturated carbocycles. The lowest BCUT2D eigenvalue weighted by Gasteiger charge is -2.07. The van der Waals surface area contributed by atoms with Gasteiger partial charge in [0.15, 0.2) is 0 Å². The second-order valence-electron chi connectivity index (χ2n) is 3.11. The standard InChI is InChI=1S/C12H17NO/c1-3-5-8-14-12-7-6-10(4-2)9-11(12)13/h3,5-7,9H,4,8,13H2,1-2H3/b5-3+. The van der Waals surface area contributed by atoms with Gasteiger partial charge in [-0.05, 0) is 31.0 Å². The smallest absolute Gasteiger partial charge is 0.142 e. The highest BCUT2D eigenvalue weighted by Gasteiger charge is 1.99. The van der Waals surface area contributed by atoms with E-state index in [2.05, 4.69) is 6.92 Å². The molecule has 0 aliphatic carbocycles. The van der Waals surface area contributed by atoms with Crippen molar-refractivity contribution in [2.24, 2.45) is 0 Å². The summed E-state index contributed by atoms with van der Waals surface area (Å²) >= 11 is 0. The van der Waals surface area contributed by atoms with Gasteiger partial charge in [0.1, 0.15) is 12.4 Å². The highest BCUT2D eigenvalue weighted by molar-refractivity contribution is 5.54. The molecule has 0 unspecified atom stereocenters. The van der Waals surface area contributed by atoms with E-state index in [4.69, 9.17) is 10.5 Å². The lowest BCUT2D eigenvalue weighted by molar-refractivity contribution is 0.364. The Morgan fingerprint density at radius 2 is 2.21 bits per heavy atom. The van der Waals surface area contributed by atoms with Gasteiger partial charge in [-0.1, -0.05) is 25.1 Å². The molecule has 0 aromatic heterocycles. The number of hydrogen-bond donors (Lipinski definition) is 1. The van der Waals surface area contributed by atoms with E-state index >= 15 is 0 Å². The summed E-state index contributed by atoms with van der Waals surface area (Å²) in [6, 6.07) is 5.93. The predicted molar refractivity (Wildman–Crippen MR) is 60.5 cm³/mol. The molecule has 0 aliphatic heterocycles. The van der Waals surface area contributed by atoms with Crippen molar-refractivity contribution in [2.45, 2.75) is 20.3 Å². The van der Waals surface area contributed by atoms with Gasteiger partial charge in [-0.25, -0.2) is 0 Å². The van der Waals surface area contributed by atoms with Crippen LogP contribution in [0.4, 0.5) is 5.69 Å². The van der Waals surface area contributed by atoms with Gasteiger partial charge in [0, 0.05) is 0 Å². The summed E-state index contributed by atoms with van der Waals surface area (Å²) < 4.78 is 5.46. The van der Waals surface area contributed by atoms with E-state index in [1.807, 2.05) is 37.3 Å². The van der Waals surface area contributed by atoms with Crippen molar-refractivity contribution in [1.82, 2.24) is 0 Å². The fourth-order valence-corrected chi connectivity index (χ4v) is 1.18. The van der Waals surface area contributed by atoms with Gasteiger partial charge in [0.05, 0.1) is 5.69 Å². The van der Waals surface area contributed by atoms with E-state index in [1.165, 1.54) is 5.56 Å². The van der Waals surface area contributed by atoms with E-state index in [1.54, 1.807) is 0 Å². The summed E-state index contributed by atoms with van der Waals surface area (Å²) in [6.07, 6.45) is 4.91. The van der Waals surface area contributed by atoms with Crippen LogP contribution in [0.3, 0.4) is 0 Å². The highest BCUT2D eigenvalue weighted by Crippen LogP contribution is 2.22. The van der Waals surface area contributed by atoms with Crippen molar-refractivity contribution in [3.05, 3.63) is 35.9 Å². The Bertz CT molecular complexity index is 318. The van der Waals surface area contributed by atoms with Crippen LogP contribution in [0.2, 0.25) is 0 Å². The summed E-state index contributed by atoms with van der Waals surface area (Å²) in [4.78, 5) is 0. The first-order valence-corrected chi connectivity index (χ1v) is 4.90. The van der Waals surface area contributed by atoms with Gasteiger partial charge >= 0.3 is 0 Å². The third kappa shape index (κ3) is 2.80. The molecule has 14 heavy (non-hydrogen) atoms. The largest absolute Gasteiger partial charge is 0.487 e. The van der Waals surface area contributed by atoms with E-state index in [-0.39, 0.29) is 0 Å². The van der Waals surface area contributed by atoms with E-state index < -0.39 is 0 Å². The number of ether oxygens (including phenoxy) is 1. The summed E-state index contributed by atoms with van der Waals surface area (Å²) in [5, 5.41) is 0. The van der Waals surface area contributed by atoms with Crippen LogP contribution in [0.15, 0.2) is 30.4 Å². The zero-order valence-electron chi connectivity index (χ0n) is 8.79. The number of rotatable bonds is 4. The maximum absolute atomic E-state index is 5.83. The summed E-state index contributed by atoms with van der Waals surface area (Å²) in [6.45, 7) is 4.65. The second kappa shape index (κ2) is 5.32. The molecule has 76 valence electrons. The Kier molecular flexibility index (Phi) is 4.05. The maximum Gasteiger partial charge on any atom is 0.142 e. The molecule has 0 saturated heterocycles. The number of aryl methyl sites for hydroxylation is 1. The van der Waals surface area contributed by atoms with E-state index in [0.717, 1.165) is 12.2 Å². The van der Waals surface area contributed by atoms with Crippen LogP contribution >= 0.6 is 0 Å². The minimum absolute atomic E-state index is 0.576. The van der Waals surface area contributed by atoms with Crippen molar-refractivity contribution in [3.8, 4) is 5.75 Å². The Hall–Kier alpha value is -1.44. The van der Waals surface area contributed by atoms with Gasteiger partial charge in [-0.3, -0.25) is 0 Å². The molecular weight excluding hydrogens is 174 g/mol. The minimum atomic E-state index is 0.576. The first-order chi connectivity index (χ1) is 6.77. The molecule has 0 amide bonds. The fourth-order valence-electron chi connectivity index (χ4n) is 1.18. The monoisotopic (exact) mass is 191 g/mol. The summed E-state index contributed by atoms with van der Waals surface area (Å²) in [5.74, 6) is 0.764. The Morgan fingerprint density at radius 1 is 1.43 bits per heavy atom. The average molecular weight is 191 g/mol. The minimum Gasteiger partial charge on any atom is -0.487 e. The molecule has 0 heterocycles. The zero-order chi connectivity index (χ0) is 10.4. The SMILES string of the molecule is C/C=C/COc1ccc(CC)cc1N. The molecule has 2 N–H and O–H groups in total. The lowest BCUT2D eigenvalue weighted by atomic mass is 10.1. The number of nitrogens with two attached hydrogens (primary N) is 1. The van der Waals surface area contributed by atoms with Crippen LogP contribution in [-0.2, 0) is 6.42 Å². The number of allylic oxidation sites excluding steroid dienone is 1. The van der Waals surface area contributed by atoms with Crippen LogP contribution in [0, 0.1) is 0 Å². The van der Waals surface area contributed by atoms with Crippen molar-refractivity contribution in [2.75, 3.05) is 12.3 Å². The third-order valence-electron chi connectivity index (χ3n) is 2.05. The fraction of sp³-hybridized carbons (Fsp3) is 0.333. The van der Waals surface area contributed by atoms with Gasteiger partial charge < -0.3 is 10.5 Å². The molecule has 0 aliphatic rings. The van der Waals surface area contributed by atoms with Crippen LogP contribution < -0.4 is 10.5 Å².